The first kappa shape index (κ1) is 31.3. The lowest BCUT2D eigenvalue weighted by Crippen LogP contribution is -2.44. The van der Waals surface area contributed by atoms with Crippen molar-refractivity contribution < 1.29 is 12.8 Å². The summed E-state index contributed by atoms with van der Waals surface area (Å²) in [4.78, 5) is 0. The Kier molecular flexibility index (Phi) is 8.99. The monoisotopic (exact) mass is 574 g/mol. The smallest absolute Gasteiger partial charge is 0.192 e. The number of allylic oxidation sites excluding steroid dienone is 3. The predicted molar refractivity (Wildman–Crippen MR) is 169 cm³/mol. The second-order valence-corrected chi connectivity index (χ2v) is 22.7. The number of hydrogen-bond donors (Lipinski definition) is 0. The van der Waals surface area contributed by atoms with Gasteiger partial charge in [-0.05, 0) is 110 Å². The van der Waals surface area contributed by atoms with Gasteiger partial charge in [0.2, 0.25) is 0 Å². The molecule has 1 heterocycles. The second kappa shape index (κ2) is 11.2. The molecule has 39 heavy (non-hydrogen) atoms. The molecule has 2 saturated carbocycles. The Morgan fingerprint density at radius 1 is 1.03 bits per heavy atom. The van der Waals surface area contributed by atoms with E-state index in [9.17, 15) is 8.42 Å². The molecule has 4 aliphatic rings. The predicted octanol–water partition coefficient (Wildman–Crippen LogP) is 9.28. The quantitative estimate of drug-likeness (QED) is 0.225. The van der Waals surface area contributed by atoms with Gasteiger partial charge in [0, 0.05) is 6.10 Å². The standard InChI is InChI=1S/C34H58O3SSi/c1-23(2)24(3)13-14-25(4)30-17-18-31-26(12-11-19-34(30,31)8)20-32-29-21-28(37-39(9,10)33(5,6)7)16-15-27(29)22-38(32,35)36/h13-14,20,23-25,28,30-32H,11-12,15-19,21-22H2,1-10H3/b14-13+,26-20+/t24-,25+,28-,30+,31-,32?,34+/m0/s1. The molecular formula is C34H58O3SSi. The first-order valence-electron chi connectivity index (χ1n) is 16.0. The number of hydrogen-bond acceptors (Lipinski definition) is 3. The van der Waals surface area contributed by atoms with Gasteiger partial charge in [0.15, 0.2) is 18.2 Å². The number of rotatable bonds is 7. The SMILES string of the molecule is CC(C)[C@@H](C)/C=C/[C@@H](C)[C@H]1CC[C@H]2/C(=C/C3C4=C(CC[C@H](O[Si](C)(C)C(C)(C)C)C4)CS3(=O)=O)CCC[C@]12C. The van der Waals surface area contributed by atoms with Gasteiger partial charge in [-0.25, -0.2) is 8.42 Å². The highest BCUT2D eigenvalue weighted by Crippen LogP contribution is 2.60. The molecule has 4 rings (SSSR count). The van der Waals surface area contributed by atoms with E-state index in [1.54, 1.807) is 0 Å². The molecule has 0 amide bonds. The topological polar surface area (TPSA) is 43.4 Å². The van der Waals surface area contributed by atoms with Gasteiger partial charge in [-0.15, -0.1) is 0 Å². The van der Waals surface area contributed by atoms with Crippen LogP contribution in [0.5, 0.6) is 0 Å². The summed E-state index contributed by atoms with van der Waals surface area (Å²) in [6.07, 6.45) is 16.0. The zero-order valence-electron chi connectivity index (χ0n) is 26.8. The minimum absolute atomic E-state index is 0.159. The van der Waals surface area contributed by atoms with Crippen LogP contribution in [0.2, 0.25) is 18.1 Å². The Morgan fingerprint density at radius 2 is 1.72 bits per heavy atom. The van der Waals surface area contributed by atoms with E-state index in [1.165, 1.54) is 42.4 Å². The van der Waals surface area contributed by atoms with Crippen LogP contribution < -0.4 is 0 Å². The summed E-state index contributed by atoms with van der Waals surface area (Å²) in [5.74, 6) is 3.31. The van der Waals surface area contributed by atoms with E-state index < -0.39 is 23.4 Å². The molecule has 1 unspecified atom stereocenters. The fourth-order valence-electron chi connectivity index (χ4n) is 7.96. The van der Waals surface area contributed by atoms with Crippen molar-refractivity contribution in [3.63, 3.8) is 0 Å². The molecule has 0 aromatic rings. The van der Waals surface area contributed by atoms with Crippen LogP contribution in [0.15, 0.2) is 34.9 Å². The van der Waals surface area contributed by atoms with Crippen molar-refractivity contribution in [2.24, 2.45) is 35.0 Å². The Morgan fingerprint density at radius 3 is 2.36 bits per heavy atom. The zero-order valence-corrected chi connectivity index (χ0v) is 28.6. The van der Waals surface area contributed by atoms with Crippen LogP contribution in [-0.2, 0) is 14.3 Å². The highest BCUT2D eigenvalue weighted by Gasteiger charge is 2.51. The fourth-order valence-corrected chi connectivity index (χ4v) is 11.4. The zero-order chi connectivity index (χ0) is 29.0. The van der Waals surface area contributed by atoms with Crippen molar-refractivity contribution in [1.29, 1.82) is 0 Å². The first-order chi connectivity index (χ1) is 18.0. The van der Waals surface area contributed by atoms with Crippen molar-refractivity contribution in [3.8, 4) is 0 Å². The van der Waals surface area contributed by atoms with Gasteiger partial charge in [-0.1, -0.05) is 84.8 Å². The van der Waals surface area contributed by atoms with Gasteiger partial charge in [-0.3, -0.25) is 0 Å². The molecule has 7 atom stereocenters. The lowest BCUT2D eigenvalue weighted by Gasteiger charge is -2.44. The molecular weight excluding hydrogens is 517 g/mol. The Labute approximate surface area is 242 Å². The molecule has 0 spiro atoms. The summed E-state index contributed by atoms with van der Waals surface area (Å²) in [5, 5.41) is -0.255. The average Bonchev–Trinajstić information content (AvgIpc) is 3.29. The van der Waals surface area contributed by atoms with Gasteiger partial charge in [0.05, 0.1) is 5.75 Å². The number of fused-ring (bicyclic) bond motifs is 1. The first-order valence-corrected chi connectivity index (χ1v) is 20.6. The van der Waals surface area contributed by atoms with Gasteiger partial charge in [0.25, 0.3) is 0 Å². The molecule has 2 fully saturated rings. The van der Waals surface area contributed by atoms with E-state index in [1.807, 2.05) is 0 Å². The molecule has 0 radical (unpaired) electrons. The molecule has 222 valence electrons. The summed E-state index contributed by atoms with van der Waals surface area (Å²) in [7, 11) is -5.07. The lowest BCUT2D eigenvalue weighted by molar-refractivity contribution is 0.111. The third-order valence-corrected chi connectivity index (χ3v) is 18.3. The molecule has 0 saturated heterocycles. The van der Waals surface area contributed by atoms with Crippen molar-refractivity contribution in [2.45, 2.75) is 136 Å². The molecule has 0 bridgehead atoms. The van der Waals surface area contributed by atoms with Crippen LogP contribution in [0.4, 0.5) is 0 Å². The van der Waals surface area contributed by atoms with Crippen LogP contribution in [0.3, 0.4) is 0 Å². The summed E-state index contributed by atoms with van der Waals surface area (Å²) < 4.78 is 34.0. The molecule has 5 heteroatoms. The van der Waals surface area contributed by atoms with Gasteiger partial charge < -0.3 is 4.43 Å². The second-order valence-electron chi connectivity index (χ2n) is 15.8. The third-order valence-electron chi connectivity index (χ3n) is 11.9. The Balaban J connectivity index is 1.56. The van der Waals surface area contributed by atoms with E-state index in [2.05, 4.69) is 86.7 Å². The summed E-state index contributed by atoms with van der Waals surface area (Å²) in [5.41, 5.74) is 4.12. The molecule has 3 nitrogen and oxygen atoms in total. The summed E-state index contributed by atoms with van der Waals surface area (Å²) in [6, 6.07) is 0. The number of sulfone groups is 1. The minimum Gasteiger partial charge on any atom is -0.414 e. The van der Waals surface area contributed by atoms with E-state index in [0.29, 0.717) is 29.6 Å². The lowest BCUT2D eigenvalue weighted by atomic mass is 9.61. The maximum Gasteiger partial charge on any atom is 0.192 e. The van der Waals surface area contributed by atoms with Crippen molar-refractivity contribution in [3.05, 3.63) is 34.9 Å². The normalized spacial score (nSPS) is 36.0. The molecule has 1 aliphatic heterocycles. The van der Waals surface area contributed by atoms with Crippen LogP contribution in [0.25, 0.3) is 0 Å². The van der Waals surface area contributed by atoms with E-state index in [0.717, 1.165) is 25.7 Å². The van der Waals surface area contributed by atoms with E-state index in [4.69, 9.17) is 4.43 Å². The summed E-state index contributed by atoms with van der Waals surface area (Å²) in [6.45, 7) is 23.4. The maximum atomic E-state index is 13.6. The third kappa shape index (κ3) is 6.26. The highest BCUT2D eigenvalue weighted by atomic mass is 32.2. The minimum atomic E-state index is -3.18. The van der Waals surface area contributed by atoms with Crippen LogP contribution in [-0.4, -0.2) is 33.8 Å². The van der Waals surface area contributed by atoms with Gasteiger partial charge in [-0.2, -0.15) is 0 Å². The van der Waals surface area contributed by atoms with E-state index >= 15 is 0 Å². The summed E-state index contributed by atoms with van der Waals surface area (Å²) >= 11 is 0. The largest absolute Gasteiger partial charge is 0.414 e. The fraction of sp³-hybridized carbons (Fsp3) is 0.824. The van der Waals surface area contributed by atoms with Crippen molar-refractivity contribution >= 4 is 18.2 Å². The van der Waals surface area contributed by atoms with Gasteiger partial charge >= 0.3 is 0 Å². The van der Waals surface area contributed by atoms with E-state index in [-0.39, 0.29) is 22.3 Å². The van der Waals surface area contributed by atoms with Crippen LogP contribution in [0, 0.1) is 35.0 Å². The van der Waals surface area contributed by atoms with Crippen LogP contribution >= 0.6 is 0 Å². The van der Waals surface area contributed by atoms with Gasteiger partial charge in [0.1, 0.15) is 5.25 Å². The average molecular weight is 575 g/mol. The van der Waals surface area contributed by atoms with Crippen LogP contribution in [0.1, 0.15) is 107 Å². The maximum absolute atomic E-state index is 13.6. The molecule has 0 aromatic carbocycles. The highest BCUT2D eigenvalue weighted by molar-refractivity contribution is 7.92. The van der Waals surface area contributed by atoms with Crippen molar-refractivity contribution in [1.82, 2.24) is 0 Å². The molecule has 0 N–H and O–H groups in total. The molecule has 3 aliphatic carbocycles. The van der Waals surface area contributed by atoms with Crippen molar-refractivity contribution in [2.75, 3.05) is 5.75 Å². The Bertz CT molecular complexity index is 1110. The Hall–Kier alpha value is -0.653. The molecule has 0 aromatic heterocycles.